The lowest BCUT2D eigenvalue weighted by Crippen LogP contribution is -2.62. The Morgan fingerprint density at radius 2 is 0.892 bits per heavy atom. The summed E-state index contributed by atoms with van der Waals surface area (Å²) in [6, 6.07) is 75.9. The first-order valence-electron chi connectivity index (χ1n) is 26.8. The van der Waals surface area contributed by atoms with Crippen molar-refractivity contribution >= 4 is 74.3 Å². The maximum absolute atomic E-state index is 2.67. The smallest absolute Gasteiger partial charge is 0.252 e. The van der Waals surface area contributed by atoms with Gasteiger partial charge in [0.2, 0.25) is 0 Å². The van der Waals surface area contributed by atoms with Crippen LogP contribution in [-0.2, 0) is 21.7 Å². The van der Waals surface area contributed by atoms with Crippen LogP contribution >= 0.6 is 0 Å². The summed E-state index contributed by atoms with van der Waals surface area (Å²) < 4.78 is 0. The molecule has 0 saturated heterocycles. The van der Waals surface area contributed by atoms with Gasteiger partial charge >= 0.3 is 0 Å². The second-order valence-corrected chi connectivity index (χ2v) is 24.6. The first-order valence-corrected chi connectivity index (χ1v) is 26.8. The van der Waals surface area contributed by atoms with Crippen LogP contribution in [0.5, 0.6) is 0 Å². The van der Waals surface area contributed by atoms with Gasteiger partial charge in [0.15, 0.2) is 0 Å². The molecule has 3 aliphatic rings. The maximum atomic E-state index is 2.67. The minimum absolute atomic E-state index is 0.00313. The molecule has 0 aromatic heterocycles. The summed E-state index contributed by atoms with van der Waals surface area (Å²) in [5.41, 5.74) is 26.0. The lowest BCUT2D eigenvalue weighted by atomic mass is 9.33. The largest absolute Gasteiger partial charge is 0.311 e. The van der Waals surface area contributed by atoms with E-state index >= 15 is 0 Å². The molecule has 2 heterocycles. The molecule has 9 aromatic carbocycles. The molecule has 0 radical (unpaired) electrons. The number of para-hydroxylation sites is 2. The van der Waals surface area contributed by atoms with Crippen LogP contribution in [-0.4, -0.2) is 6.71 Å². The first kappa shape index (κ1) is 47.4. The Kier molecular flexibility index (Phi) is 11.1. The predicted octanol–water partition coefficient (Wildman–Crippen LogP) is 17.4. The number of hydrogen-bond acceptors (Lipinski definition) is 3. The Morgan fingerprint density at radius 3 is 1.46 bits per heavy atom. The summed E-state index contributed by atoms with van der Waals surface area (Å²) in [4.78, 5) is 7.77. The molecule has 3 nitrogen and oxygen atoms in total. The van der Waals surface area contributed by atoms with E-state index in [0.717, 1.165) is 29.2 Å². The summed E-state index contributed by atoms with van der Waals surface area (Å²) in [5.74, 6) is 0. The second-order valence-electron chi connectivity index (χ2n) is 24.6. The van der Waals surface area contributed by atoms with Gasteiger partial charge < -0.3 is 14.7 Å². The lowest BCUT2D eigenvalue weighted by molar-refractivity contribution is 0.403. The fourth-order valence-corrected chi connectivity index (χ4v) is 12.9. The van der Waals surface area contributed by atoms with Gasteiger partial charge in [-0.3, -0.25) is 0 Å². The van der Waals surface area contributed by atoms with Crippen molar-refractivity contribution in [3.8, 4) is 22.3 Å². The van der Waals surface area contributed by atoms with E-state index in [4.69, 9.17) is 0 Å². The lowest BCUT2D eigenvalue weighted by Gasteiger charge is -2.46. The number of nitrogens with zero attached hydrogens (tertiary/aromatic N) is 3. The molecule has 0 N–H and O–H groups in total. The van der Waals surface area contributed by atoms with Gasteiger partial charge in [-0.2, -0.15) is 0 Å². The molecule has 0 spiro atoms. The normalized spacial score (nSPS) is 15.0. The molecule has 4 heteroatoms. The van der Waals surface area contributed by atoms with Gasteiger partial charge in [-0.1, -0.05) is 203 Å². The highest BCUT2D eigenvalue weighted by Crippen LogP contribution is 2.55. The van der Waals surface area contributed by atoms with Crippen LogP contribution < -0.4 is 31.1 Å². The van der Waals surface area contributed by atoms with E-state index in [1.54, 1.807) is 0 Å². The Hall–Kier alpha value is -7.56. The van der Waals surface area contributed by atoms with Crippen LogP contribution in [0.25, 0.3) is 22.3 Å². The minimum Gasteiger partial charge on any atom is -0.311 e. The van der Waals surface area contributed by atoms with E-state index in [-0.39, 0.29) is 28.4 Å². The molecule has 0 bridgehead atoms. The number of aryl methyl sites for hydroxylation is 1. The molecular formula is C70H68BN3. The standard InChI is InChI=1S/C70H68BN3/c1-46-32-33-49(47-24-16-12-17-25-47)38-62(46)74-63-44-57-56(69(8,9)45-70(57,10)11)43-59(63)71-58-40-51(68(5,6)7)35-37-61(58)73(60-36-34-50(67(2,3)4)39-55(60)48-26-18-13-19-27-48)64-41-54(42-65(74)66(64)71)72(52-28-20-14-21-29-52)53-30-22-15-23-31-53/h12-44H,45H2,1-11H3. The van der Waals surface area contributed by atoms with Gasteiger partial charge in [0, 0.05) is 45.4 Å². The van der Waals surface area contributed by atoms with Crippen molar-refractivity contribution in [1.82, 2.24) is 0 Å². The van der Waals surface area contributed by atoms with E-state index in [1.165, 1.54) is 94.9 Å². The zero-order valence-electron chi connectivity index (χ0n) is 45.2. The van der Waals surface area contributed by atoms with Gasteiger partial charge in [0.05, 0.1) is 11.4 Å². The Labute approximate surface area is 441 Å². The number of hydrogen-bond donors (Lipinski definition) is 0. The summed E-state index contributed by atoms with van der Waals surface area (Å²) in [5, 5.41) is 0. The Morgan fingerprint density at radius 1 is 0.405 bits per heavy atom. The maximum Gasteiger partial charge on any atom is 0.252 e. The van der Waals surface area contributed by atoms with E-state index < -0.39 is 0 Å². The van der Waals surface area contributed by atoms with Gasteiger partial charge in [-0.05, 0) is 163 Å². The van der Waals surface area contributed by atoms with Crippen molar-refractivity contribution in [2.24, 2.45) is 0 Å². The quantitative estimate of drug-likeness (QED) is 0.147. The van der Waals surface area contributed by atoms with E-state index in [9.17, 15) is 0 Å². The van der Waals surface area contributed by atoms with Crippen LogP contribution in [0.1, 0.15) is 103 Å². The summed E-state index contributed by atoms with van der Waals surface area (Å²) in [7, 11) is 0. The molecule has 0 atom stereocenters. The minimum atomic E-state index is -0.0786. The summed E-state index contributed by atoms with van der Waals surface area (Å²) in [6.45, 7) is 26.1. The molecule has 1 aliphatic carbocycles. The molecule has 2 aliphatic heterocycles. The highest BCUT2D eigenvalue weighted by Gasteiger charge is 2.49. The molecule has 366 valence electrons. The van der Waals surface area contributed by atoms with Gasteiger partial charge in [0.1, 0.15) is 0 Å². The van der Waals surface area contributed by atoms with Crippen molar-refractivity contribution in [3.63, 3.8) is 0 Å². The first-order chi connectivity index (χ1) is 35.4. The molecule has 0 amide bonds. The third-order valence-electron chi connectivity index (χ3n) is 16.4. The van der Waals surface area contributed by atoms with Crippen molar-refractivity contribution in [2.75, 3.05) is 14.7 Å². The average molecular weight is 962 g/mol. The van der Waals surface area contributed by atoms with Crippen molar-refractivity contribution < 1.29 is 0 Å². The van der Waals surface area contributed by atoms with Crippen LogP contribution in [0, 0.1) is 6.92 Å². The molecule has 74 heavy (non-hydrogen) atoms. The number of fused-ring (bicyclic) bond motifs is 5. The average Bonchev–Trinajstić information content (AvgIpc) is 3.57. The monoisotopic (exact) mass is 962 g/mol. The van der Waals surface area contributed by atoms with Gasteiger partial charge in [-0.25, -0.2) is 0 Å². The molecular weight excluding hydrogens is 894 g/mol. The third-order valence-corrected chi connectivity index (χ3v) is 16.4. The van der Waals surface area contributed by atoms with Crippen molar-refractivity contribution in [3.05, 3.63) is 228 Å². The van der Waals surface area contributed by atoms with E-state index in [1.807, 2.05) is 0 Å². The molecule has 0 fully saturated rings. The highest BCUT2D eigenvalue weighted by molar-refractivity contribution is 7.00. The van der Waals surface area contributed by atoms with Gasteiger partial charge in [-0.15, -0.1) is 0 Å². The molecule has 0 unspecified atom stereocenters. The van der Waals surface area contributed by atoms with Gasteiger partial charge in [0.25, 0.3) is 6.71 Å². The highest BCUT2D eigenvalue weighted by atomic mass is 15.2. The van der Waals surface area contributed by atoms with Crippen LogP contribution in [0.3, 0.4) is 0 Å². The van der Waals surface area contributed by atoms with Crippen molar-refractivity contribution in [1.29, 1.82) is 0 Å². The SMILES string of the molecule is Cc1ccc(-c2ccccc2)cc1N1c2cc3c(cc2B2c4cc(C(C)(C)C)ccc4N(c4ccc(C(C)(C)C)cc4-c4ccccc4)c4cc(N(c5ccccc5)c5ccccc5)cc1c42)C(C)(C)CC3(C)C. The second kappa shape index (κ2) is 17.3. The molecule has 0 saturated carbocycles. The third kappa shape index (κ3) is 7.88. The van der Waals surface area contributed by atoms with E-state index in [0.29, 0.717) is 0 Å². The summed E-state index contributed by atoms with van der Waals surface area (Å²) in [6.07, 6.45) is 1.09. The Balaban J connectivity index is 1.27. The van der Waals surface area contributed by atoms with Crippen LogP contribution in [0.4, 0.5) is 51.2 Å². The zero-order valence-corrected chi connectivity index (χ0v) is 45.2. The number of anilines is 9. The Bertz CT molecular complexity index is 3580. The van der Waals surface area contributed by atoms with Crippen LogP contribution in [0.15, 0.2) is 200 Å². The number of rotatable bonds is 7. The molecule has 12 rings (SSSR count). The number of benzene rings is 9. The molecule has 9 aromatic rings. The fourth-order valence-electron chi connectivity index (χ4n) is 12.9. The van der Waals surface area contributed by atoms with Crippen molar-refractivity contribution in [2.45, 2.75) is 104 Å². The van der Waals surface area contributed by atoms with Crippen LogP contribution in [0.2, 0.25) is 0 Å². The van der Waals surface area contributed by atoms with E-state index in [2.05, 4.69) is 291 Å². The predicted molar refractivity (Wildman–Crippen MR) is 319 cm³/mol. The zero-order chi connectivity index (χ0) is 51.5. The fraction of sp³-hybridized carbons (Fsp3) is 0.229. The topological polar surface area (TPSA) is 9.72 Å². The summed E-state index contributed by atoms with van der Waals surface area (Å²) >= 11 is 0.